The quantitative estimate of drug-likeness (QED) is 0.466. The molecule has 1 unspecified atom stereocenters. The largest absolute Gasteiger partial charge is 0.481 e. The molecule has 0 spiro atoms. The zero-order valence-corrected chi connectivity index (χ0v) is 12.3. The van der Waals surface area contributed by atoms with Gasteiger partial charge in [-0.3, -0.25) is 4.79 Å². The zero-order chi connectivity index (χ0) is 15.2. The topological polar surface area (TPSA) is 96.9 Å². The van der Waals surface area contributed by atoms with E-state index < -0.39 is 5.97 Å². The van der Waals surface area contributed by atoms with Gasteiger partial charge in [-0.25, -0.2) is 4.79 Å². The number of amides is 2. The van der Waals surface area contributed by atoms with Crippen LogP contribution in [0.5, 0.6) is 0 Å². The molecule has 1 atom stereocenters. The standard InChI is InChI=1S/C13H26N2O5/c1-11(5-6-12(16)17)15-13(18)14-7-3-4-8-20-10-9-19-2/h11H,3-10H2,1-2H3,(H,16,17)(H2,14,15,18). The van der Waals surface area contributed by atoms with E-state index in [1.54, 1.807) is 14.0 Å². The number of methoxy groups -OCH3 is 1. The minimum atomic E-state index is -0.854. The van der Waals surface area contributed by atoms with Crippen LogP contribution in [0.25, 0.3) is 0 Å². The molecule has 0 saturated heterocycles. The van der Waals surface area contributed by atoms with E-state index in [4.69, 9.17) is 14.6 Å². The van der Waals surface area contributed by atoms with Crippen LogP contribution >= 0.6 is 0 Å². The van der Waals surface area contributed by atoms with Crippen molar-refractivity contribution in [2.24, 2.45) is 0 Å². The van der Waals surface area contributed by atoms with E-state index in [1.165, 1.54) is 0 Å². The van der Waals surface area contributed by atoms with Crippen molar-refractivity contribution in [1.82, 2.24) is 10.6 Å². The van der Waals surface area contributed by atoms with E-state index in [9.17, 15) is 9.59 Å². The average Bonchev–Trinajstić information content (AvgIpc) is 2.39. The minimum absolute atomic E-state index is 0.0558. The summed E-state index contributed by atoms with van der Waals surface area (Å²) in [6.45, 7) is 4.19. The number of carboxylic acid groups (broad SMARTS) is 1. The van der Waals surface area contributed by atoms with Crippen molar-refractivity contribution >= 4 is 12.0 Å². The Morgan fingerprint density at radius 2 is 1.95 bits per heavy atom. The first-order valence-electron chi connectivity index (χ1n) is 6.89. The maximum Gasteiger partial charge on any atom is 0.314 e. The van der Waals surface area contributed by atoms with Crippen molar-refractivity contribution in [3.8, 4) is 0 Å². The maximum absolute atomic E-state index is 11.5. The third-order valence-corrected chi connectivity index (χ3v) is 2.60. The summed E-state index contributed by atoms with van der Waals surface area (Å²) >= 11 is 0. The molecule has 7 nitrogen and oxygen atoms in total. The normalized spacial score (nSPS) is 11.9. The summed E-state index contributed by atoms with van der Waals surface area (Å²) < 4.78 is 10.1. The number of carbonyl (C=O) groups is 2. The van der Waals surface area contributed by atoms with Crippen LogP contribution in [0.2, 0.25) is 0 Å². The van der Waals surface area contributed by atoms with E-state index >= 15 is 0 Å². The van der Waals surface area contributed by atoms with Crippen LogP contribution in [0, 0.1) is 0 Å². The Bertz CT molecular complexity index is 273. The van der Waals surface area contributed by atoms with Crippen LogP contribution in [0.1, 0.15) is 32.6 Å². The molecule has 2 amide bonds. The van der Waals surface area contributed by atoms with Gasteiger partial charge in [-0.15, -0.1) is 0 Å². The lowest BCUT2D eigenvalue weighted by Crippen LogP contribution is -2.41. The third-order valence-electron chi connectivity index (χ3n) is 2.60. The number of urea groups is 1. The predicted octanol–water partition coefficient (Wildman–Crippen LogP) is 0.982. The number of ether oxygens (including phenoxy) is 2. The van der Waals surface area contributed by atoms with E-state index in [0.29, 0.717) is 32.8 Å². The second-order valence-corrected chi connectivity index (χ2v) is 4.55. The molecular formula is C13H26N2O5. The monoisotopic (exact) mass is 290 g/mol. The van der Waals surface area contributed by atoms with Crippen LogP contribution in [0.4, 0.5) is 4.79 Å². The summed E-state index contributed by atoms with van der Waals surface area (Å²) in [6.07, 6.45) is 2.19. The van der Waals surface area contributed by atoms with E-state index in [2.05, 4.69) is 10.6 Å². The first kappa shape index (κ1) is 18.7. The van der Waals surface area contributed by atoms with Crippen LogP contribution in [0.15, 0.2) is 0 Å². The molecule has 3 N–H and O–H groups in total. The number of nitrogens with one attached hydrogen (secondary N) is 2. The van der Waals surface area contributed by atoms with E-state index in [1.807, 2.05) is 0 Å². The molecule has 0 rings (SSSR count). The summed E-state index contributed by atoms with van der Waals surface area (Å²) in [5.41, 5.74) is 0. The molecule has 0 aromatic carbocycles. The third kappa shape index (κ3) is 13.1. The maximum atomic E-state index is 11.5. The number of hydrogen-bond acceptors (Lipinski definition) is 4. The van der Waals surface area contributed by atoms with Crippen LogP contribution < -0.4 is 10.6 Å². The van der Waals surface area contributed by atoms with Gasteiger partial charge in [0.05, 0.1) is 13.2 Å². The number of aliphatic carboxylic acids is 1. The lowest BCUT2D eigenvalue weighted by atomic mass is 10.2. The Kier molecular flexibility index (Phi) is 11.8. The molecule has 20 heavy (non-hydrogen) atoms. The van der Waals surface area contributed by atoms with Gasteiger partial charge >= 0.3 is 12.0 Å². The Hall–Kier alpha value is -1.34. The SMILES string of the molecule is COCCOCCCCNC(=O)NC(C)CCC(=O)O. The van der Waals surface area contributed by atoms with Gasteiger partial charge < -0.3 is 25.2 Å². The second kappa shape index (κ2) is 12.7. The van der Waals surface area contributed by atoms with E-state index in [-0.39, 0.29) is 18.5 Å². The zero-order valence-electron chi connectivity index (χ0n) is 12.3. The number of hydrogen-bond donors (Lipinski definition) is 3. The molecule has 0 heterocycles. The highest BCUT2D eigenvalue weighted by Crippen LogP contribution is 1.96. The van der Waals surface area contributed by atoms with E-state index in [0.717, 1.165) is 12.8 Å². The average molecular weight is 290 g/mol. The van der Waals surface area contributed by atoms with Gasteiger partial charge in [-0.05, 0) is 26.2 Å². The van der Waals surface area contributed by atoms with Gasteiger partial charge in [0.2, 0.25) is 0 Å². The van der Waals surface area contributed by atoms with Crippen molar-refractivity contribution in [2.75, 3.05) is 33.5 Å². The lowest BCUT2D eigenvalue weighted by molar-refractivity contribution is -0.137. The molecule has 0 radical (unpaired) electrons. The predicted molar refractivity (Wildman–Crippen MR) is 74.8 cm³/mol. The molecule has 0 aliphatic heterocycles. The molecule has 0 aromatic rings. The Balaban J connectivity index is 3.38. The summed E-state index contributed by atoms with van der Waals surface area (Å²) in [5.74, 6) is -0.854. The molecule has 0 aromatic heterocycles. The molecule has 0 saturated carbocycles. The lowest BCUT2D eigenvalue weighted by Gasteiger charge is -2.13. The molecule has 7 heteroatoms. The summed E-state index contributed by atoms with van der Waals surface area (Å²) in [7, 11) is 1.63. The number of unbranched alkanes of at least 4 members (excludes halogenated alkanes) is 1. The minimum Gasteiger partial charge on any atom is -0.481 e. The smallest absolute Gasteiger partial charge is 0.314 e. The second-order valence-electron chi connectivity index (χ2n) is 4.55. The Morgan fingerprint density at radius 1 is 1.20 bits per heavy atom. The number of carbonyl (C=O) groups excluding carboxylic acids is 1. The highest BCUT2D eigenvalue weighted by molar-refractivity contribution is 5.74. The number of rotatable bonds is 12. The molecular weight excluding hydrogens is 264 g/mol. The van der Waals surface area contributed by atoms with Crippen LogP contribution in [-0.2, 0) is 14.3 Å². The van der Waals surface area contributed by atoms with Crippen molar-refractivity contribution in [2.45, 2.75) is 38.6 Å². The molecule has 0 aliphatic rings. The fourth-order valence-electron chi connectivity index (χ4n) is 1.46. The summed E-state index contributed by atoms with van der Waals surface area (Å²) in [6, 6.07) is -0.410. The van der Waals surface area contributed by atoms with Crippen molar-refractivity contribution in [3.05, 3.63) is 0 Å². The molecule has 0 bridgehead atoms. The van der Waals surface area contributed by atoms with Gasteiger partial charge in [0.25, 0.3) is 0 Å². The van der Waals surface area contributed by atoms with Gasteiger partial charge in [-0.2, -0.15) is 0 Å². The van der Waals surface area contributed by atoms with Crippen molar-refractivity contribution in [3.63, 3.8) is 0 Å². The number of carboxylic acids is 1. The molecule has 0 fully saturated rings. The summed E-state index contributed by atoms with van der Waals surface area (Å²) in [5, 5.41) is 13.9. The fraction of sp³-hybridized carbons (Fsp3) is 0.846. The van der Waals surface area contributed by atoms with Gasteiger partial charge in [0, 0.05) is 32.7 Å². The Labute approximate surface area is 120 Å². The van der Waals surface area contributed by atoms with Gasteiger partial charge in [0.1, 0.15) is 0 Å². The van der Waals surface area contributed by atoms with Crippen molar-refractivity contribution < 1.29 is 24.2 Å². The van der Waals surface area contributed by atoms with Gasteiger partial charge in [-0.1, -0.05) is 0 Å². The molecule has 0 aliphatic carbocycles. The first-order chi connectivity index (χ1) is 9.56. The Morgan fingerprint density at radius 3 is 2.60 bits per heavy atom. The van der Waals surface area contributed by atoms with Crippen molar-refractivity contribution in [1.29, 1.82) is 0 Å². The first-order valence-corrected chi connectivity index (χ1v) is 6.89. The highest BCUT2D eigenvalue weighted by Gasteiger charge is 2.08. The highest BCUT2D eigenvalue weighted by atomic mass is 16.5. The van der Waals surface area contributed by atoms with Crippen LogP contribution in [0.3, 0.4) is 0 Å². The summed E-state index contributed by atoms with van der Waals surface area (Å²) in [4.78, 5) is 21.8. The van der Waals surface area contributed by atoms with Gasteiger partial charge in [0.15, 0.2) is 0 Å². The van der Waals surface area contributed by atoms with Crippen LogP contribution in [-0.4, -0.2) is 56.6 Å². The molecule has 118 valence electrons. The fourth-order valence-corrected chi connectivity index (χ4v) is 1.46.